The first-order valence-corrected chi connectivity index (χ1v) is 10.7. The summed E-state index contributed by atoms with van der Waals surface area (Å²) in [7, 11) is -0.843. The average molecular weight is 416 g/mol. The summed E-state index contributed by atoms with van der Waals surface area (Å²) in [6.07, 6.45) is 1.76. The predicted octanol–water partition coefficient (Wildman–Crippen LogP) is 2.38. The number of ether oxygens (including phenoxy) is 1. The second-order valence-corrected chi connectivity index (χ2v) is 9.27. The van der Waals surface area contributed by atoms with E-state index in [4.69, 9.17) is 4.74 Å². The molecular formula is C21H24N2O5S. The van der Waals surface area contributed by atoms with Crippen LogP contribution in [-0.4, -0.2) is 51.8 Å². The number of benzene rings is 2. The molecule has 0 fully saturated rings. The summed E-state index contributed by atoms with van der Waals surface area (Å²) in [4.78, 5) is 26.8. The molecule has 2 aromatic rings. The van der Waals surface area contributed by atoms with E-state index in [0.717, 1.165) is 28.4 Å². The summed E-state index contributed by atoms with van der Waals surface area (Å²) in [5, 5.41) is 0. The quantitative estimate of drug-likeness (QED) is 0.699. The Bertz CT molecular complexity index is 1050. The lowest BCUT2D eigenvalue weighted by atomic mass is 10.0. The van der Waals surface area contributed by atoms with Gasteiger partial charge in [-0.2, -0.15) is 0 Å². The molecule has 0 bridgehead atoms. The van der Waals surface area contributed by atoms with Gasteiger partial charge in [0.15, 0.2) is 6.61 Å². The van der Waals surface area contributed by atoms with E-state index in [1.54, 1.807) is 17.9 Å². The predicted molar refractivity (Wildman–Crippen MR) is 109 cm³/mol. The first-order valence-electron chi connectivity index (χ1n) is 9.30. The second kappa shape index (κ2) is 8.34. The highest BCUT2D eigenvalue weighted by atomic mass is 32.2. The molecule has 0 aliphatic carbocycles. The van der Waals surface area contributed by atoms with Gasteiger partial charge in [0.05, 0.1) is 10.5 Å². The lowest BCUT2D eigenvalue weighted by Gasteiger charge is -2.29. The number of rotatable bonds is 5. The third kappa shape index (κ3) is 4.33. The van der Waals surface area contributed by atoms with Crippen LogP contribution in [0.4, 0.5) is 5.69 Å². The van der Waals surface area contributed by atoms with Crippen LogP contribution in [0, 0.1) is 6.92 Å². The van der Waals surface area contributed by atoms with Gasteiger partial charge < -0.3 is 9.64 Å². The van der Waals surface area contributed by atoms with Crippen molar-refractivity contribution in [2.24, 2.45) is 0 Å². The maximum Gasteiger partial charge on any atom is 0.338 e. The standard InChI is InChI=1S/C21H24N2O5S/c1-15-10-11-17(29(26,27)22(2)3)13-18(15)21(25)28-14-20(24)23-12-6-8-16-7-4-5-9-19(16)23/h4-5,7,9-11,13H,6,8,12,14H2,1-3H3. The zero-order valence-electron chi connectivity index (χ0n) is 16.7. The topological polar surface area (TPSA) is 84.0 Å². The second-order valence-electron chi connectivity index (χ2n) is 7.12. The summed E-state index contributed by atoms with van der Waals surface area (Å²) >= 11 is 0. The van der Waals surface area contributed by atoms with E-state index >= 15 is 0 Å². The molecule has 0 N–H and O–H groups in total. The molecule has 2 aromatic carbocycles. The number of carbonyl (C=O) groups is 2. The summed E-state index contributed by atoms with van der Waals surface area (Å²) in [5.41, 5.74) is 2.63. The van der Waals surface area contributed by atoms with Crippen LogP contribution in [0.1, 0.15) is 27.9 Å². The highest BCUT2D eigenvalue weighted by Crippen LogP contribution is 2.27. The zero-order valence-corrected chi connectivity index (χ0v) is 17.5. The molecule has 0 spiro atoms. The molecule has 0 radical (unpaired) electrons. The highest BCUT2D eigenvalue weighted by Gasteiger charge is 2.25. The number of hydrogen-bond donors (Lipinski definition) is 0. The molecule has 1 heterocycles. The summed E-state index contributed by atoms with van der Waals surface area (Å²) in [6.45, 7) is 1.85. The molecule has 7 nitrogen and oxygen atoms in total. The molecule has 0 unspecified atom stereocenters. The van der Waals surface area contributed by atoms with Crippen LogP contribution in [0.5, 0.6) is 0 Å². The fraction of sp³-hybridized carbons (Fsp3) is 0.333. The van der Waals surface area contributed by atoms with Crippen molar-refractivity contribution in [3.63, 3.8) is 0 Å². The van der Waals surface area contributed by atoms with E-state index in [-0.39, 0.29) is 16.4 Å². The van der Waals surface area contributed by atoms with Crippen molar-refractivity contribution in [1.29, 1.82) is 0 Å². The number of anilines is 1. The van der Waals surface area contributed by atoms with Crippen molar-refractivity contribution in [1.82, 2.24) is 4.31 Å². The minimum atomic E-state index is -3.68. The minimum absolute atomic E-state index is 0.00339. The highest BCUT2D eigenvalue weighted by molar-refractivity contribution is 7.89. The van der Waals surface area contributed by atoms with E-state index in [2.05, 4.69) is 0 Å². The van der Waals surface area contributed by atoms with Crippen LogP contribution < -0.4 is 4.90 Å². The van der Waals surface area contributed by atoms with Crippen molar-refractivity contribution in [3.05, 3.63) is 59.2 Å². The van der Waals surface area contributed by atoms with Gasteiger partial charge in [0.25, 0.3) is 5.91 Å². The van der Waals surface area contributed by atoms with E-state index in [9.17, 15) is 18.0 Å². The Morgan fingerprint density at radius 1 is 1.14 bits per heavy atom. The smallest absolute Gasteiger partial charge is 0.338 e. The molecule has 154 valence electrons. The van der Waals surface area contributed by atoms with Crippen LogP contribution in [-0.2, 0) is 26.0 Å². The molecule has 1 amide bonds. The lowest BCUT2D eigenvalue weighted by Crippen LogP contribution is -2.38. The number of fused-ring (bicyclic) bond motifs is 1. The number of nitrogens with zero attached hydrogens (tertiary/aromatic N) is 2. The summed E-state index contributed by atoms with van der Waals surface area (Å²) in [6, 6.07) is 12.0. The number of sulfonamides is 1. The van der Waals surface area contributed by atoms with Gasteiger partial charge >= 0.3 is 5.97 Å². The molecule has 8 heteroatoms. The van der Waals surface area contributed by atoms with Crippen LogP contribution in [0.25, 0.3) is 0 Å². The Morgan fingerprint density at radius 2 is 1.86 bits per heavy atom. The number of carbonyl (C=O) groups excluding carboxylic acids is 2. The molecule has 1 aliphatic heterocycles. The Labute approximate surface area is 170 Å². The van der Waals surface area contributed by atoms with Crippen molar-refractivity contribution >= 4 is 27.6 Å². The Hall–Kier alpha value is -2.71. The van der Waals surface area contributed by atoms with E-state index in [0.29, 0.717) is 12.1 Å². The first-order chi connectivity index (χ1) is 13.7. The average Bonchev–Trinajstić information content (AvgIpc) is 2.71. The monoisotopic (exact) mass is 416 g/mol. The molecule has 0 aromatic heterocycles. The van der Waals surface area contributed by atoms with E-state index in [1.165, 1.54) is 26.2 Å². The fourth-order valence-corrected chi connectivity index (χ4v) is 4.20. The van der Waals surface area contributed by atoms with Crippen LogP contribution >= 0.6 is 0 Å². The molecule has 1 aliphatic rings. The Morgan fingerprint density at radius 3 is 2.59 bits per heavy atom. The zero-order chi connectivity index (χ0) is 21.2. The minimum Gasteiger partial charge on any atom is -0.452 e. The largest absolute Gasteiger partial charge is 0.452 e. The molecule has 3 rings (SSSR count). The van der Waals surface area contributed by atoms with Crippen molar-refractivity contribution in [2.45, 2.75) is 24.7 Å². The number of aryl methyl sites for hydroxylation is 2. The third-order valence-corrected chi connectivity index (χ3v) is 6.76. The van der Waals surface area contributed by atoms with Crippen molar-refractivity contribution < 1.29 is 22.7 Å². The number of para-hydroxylation sites is 1. The Balaban J connectivity index is 1.74. The summed E-state index contributed by atoms with van der Waals surface area (Å²) < 4.78 is 30.9. The van der Waals surface area contributed by atoms with Crippen molar-refractivity contribution in [3.8, 4) is 0 Å². The van der Waals surface area contributed by atoms with Gasteiger partial charge in [-0.05, 0) is 49.1 Å². The van der Waals surface area contributed by atoms with Gasteiger partial charge in [-0.25, -0.2) is 17.5 Å². The van der Waals surface area contributed by atoms with Gasteiger partial charge in [0.2, 0.25) is 10.0 Å². The van der Waals surface area contributed by atoms with Gasteiger partial charge in [-0.15, -0.1) is 0 Å². The SMILES string of the molecule is Cc1ccc(S(=O)(=O)N(C)C)cc1C(=O)OCC(=O)N1CCCc2ccccc21. The number of esters is 1. The lowest BCUT2D eigenvalue weighted by molar-refractivity contribution is -0.121. The first kappa shape index (κ1) is 21.0. The molecule has 0 saturated carbocycles. The number of amides is 1. The van der Waals surface area contributed by atoms with Gasteiger partial charge in [-0.1, -0.05) is 24.3 Å². The number of hydrogen-bond acceptors (Lipinski definition) is 5. The molecular weight excluding hydrogens is 392 g/mol. The maximum atomic E-state index is 12.6. The Kier molecular flexibility index (Phi) is 6.04. The third-order valence-electron chi connectivity index (χ3n) is 4.95. The van der Waals surface area contributed by atoms with Crippen LogP contribution in [0.15, 0.2) is 47.4 Å². The van der Waals surface area contributed by atoms with Crippen LogP contribution in [0.3, 0.4) is 0 Å². The molecule has 0 atom stereocenters. The van der Waals surface area contributed by atoms with Gasteiger partial charge in [0, 0.05) is 26.3 Å². The normalized spacial score (nSPS) is 13.9. The van der Waals surface area contributed by atoms with Gasteiger partial charge in [-0.3, -0.25) is 4.79 Å². The van der Waals surface area contributed by atoms with E-state index in [1.807, 2.05) is 24.3 Å². The van der Waals surface area contributed by atoms with E-state index < -0.39 is 22.6 Å². The molecule has 0 saturated heterocycles. The van der Waals surface area contributed by atoms with Crippen LogP contribution in [0.2, 0.25) is 0 Å². The maximum absolute atomic E-state index is 12.6. The van der Waals surface area contributed by atoms with Crippen molar-refractivity contribution in [2.75, 3.05) is 32.1 Å². The molecule has 29 heavy (non-hydrogen) atoms. The summed E-state index contributed by atoms with van der Waals surface area (Å²) in [5.74, 6) is -1.03. The fourth-order valence-electron chi connectivity index (χ4n) is 3.27. The van der Waals surface area contributed by atoms with Gasteiger partial charge in [0.1, 0.15) is 0 Å².